The molecule has 0 saturated heterocycles. The standard InChI is InChI=1S/C8H8O2.C5H5.Fe/c9-8(10)6-5-7-3-1-2-4-7;1-2-4-5-3-1;/h1-3,5-6H,4H2,(H,9,10);1-5H;/b6-5+;;. The number of carbonyl (C=O) groups is 1. The van der Waals surface area contributed by atoms with E-state index in [9.17, 15) is 4.79 Å². The zero-order valence-electron chi connectivity index (χ0n) is 8.69. The van der Waals surface area contributed by atoms with Gasteiger partial charge in [0.25, 0.3) is 0 Å². The van der Waals surface area contributed by atoms with Crippen LogP contribution >= 0.6 is 0 Å². The van der Waals surface area contributed by atoms with Gasteiger partial charge in [0.05, 0.1) is 0 Å². The van der Waals surface area contributed by atoms with Crippen LogP contribution in [0.3, 0.4) is 0 Å². The van der Waals surface area contributed by atoms with Crippen molar-refractivity contribution in [3.05, 3.63) is 66.7 Å². The second-order valence-corrected chi connectivity index (χ2v) is 3.01. The molecule has 0 atom stereocenters. The van der Waals surface area contributed by atoms with Crippen molar-refractivity contribution >= 4 is 5.97 Å². The van der Waals surface area contributed by atoms with Gasteiger partial charge in [-0.3, -0.25) is 0 Å². The molecule has 0 amide bonds. The molecule has 2 aliphatic carbocycles. The maximum absolute atomic E-state index is 10.0. The summed E-state index contributed by atoms with van der Waals surface area (Å²) in [6.45, 7) is 0. The van der Waals surface area contributed by atoms with Gasteiger partial charge in [-0.25, -0.2) is 4.79 Å². The minimum Gasteiger partial charge on any atom is -0.478 e. The molecule has 2 nitrogen and oxygen atoms in total. The van der Waals surface area contributed by atoms with Crippen molar-refractivity contribution in [3.8, 4) is 0 Å². The first kappa shape index (κ1) is 14.7. The zero-order chi connectivity index (χ0) is 10.9. The Morgan fingerprint density at radius 3 is 2.25 bits per heavy atom. The third-order valence-corrected chi connectivity index (χ3v) is 1.80. The van der Waals surface area contributed by atoms with Crippen LogP contribution < -0.4 is 0 Å². The Bertz CT molecular complexity index is 350. The van der Waals surface area contributed by atoms with Gasteiger partial charge in [-0.05, 0) is 12.0 Å². The van der Waals surface area contributed by atoms with Gasteiger partial charge < -0.3 is 5.11 Å². The van der Waals surface area contributed by atoms with Gasteiger partial charge in [0.1, 0.15) is 0 Å². The van der Waals surface area contributed by atoms with Gasteiger partial charge in [0.2, 0.25) is 0 Å². The van der Waals surface area contributed by atoms with Crippen LogP contribution in [0.25, 0.3) is 0 Å². The van der Waals surface area contributed by atoms with Crippen LogP contribution in [0.4, 0.5) is 0 Å². The Balaban J connectivity index is 0.000000318. The molecule has 0 bridgehead atoms. The van der Waals surface area contributed by atoms with Gasteiger partial charge in [-0.15, -0.1) is 0 Å². The third kappa shape index (κ3) is 7.04. The van der Waals surface area contributed by atoms with Crippen LogP contribution in [0, 0.1) is 6.42 Å². The van der Waals surface area contributed by atoms with Gasteiger partial charge in [-0.2, -0.15) is 0 Å². The van der Waals surface area contributed by atoms with Crippen molar-refractivity contribution in [2.45, 2.75) is 6.42 Å². The summed E-state index contributed by atoms with van der Waals surface area (Å²) in [7, 11) is 0. The summed E-state index contributed by atoms with van der Waals surface area (Å²) >= 11 is 0. The maximum Gasteiger partial charge on any atom is 0.328 e. The van der Waals surface area contributed by atoms with Crippen LogP contribution in [0.1, 0.15) is 6.42 Å². The fourth-order valence-electron chi connectivity index (χ4n) is 1.09. The van der Waals surface area contributed by atoms with Gasteiger partial charge in [0.15, 0.2) is 0 Å². The van der Waals surface area contributed by atoms with E-state index in [-0.39, 0.29) is 17.1 Å². The number of allylic oxidation sites excluding steroid dienone is 9. The molecule has 1 N–H and O–H groups in total. The predicted octanol–water partition coefficient (Wildman–Crippen LogP) is 2.83. The van der Waals surface area contributed by atoms with Gasteiger partial charge >= 0.3 is 5.97 Å². The fraction of sp³-hybridized carbons (Fsp3) is 0.0769. The van der Waals surface area contributed by atoms with E-state index in [4.69, 9.17) is 5.11 Å². The van der Waals surface area contributed by atoms with Crippen molar-refractivity contribution in [3.63, 3.8) is 0 Å². The summed E-state index contributed by atoms with van der Waals surface area (Å²) in [5.41, 5.74) is 1.04. The van der Waals surface area contributed by atoms with Gasteiger partial charge in [0, 0.05) is 29.6 Å². The Kier molecular flexibility index (Phi) is 8.22. The van der Waals surface area contributed by atoms with E-state index in [2.05, 4.69) is 0 Å². The first-order valence-electron chi connectivity index (χ1n) is 4.72. The molecule has 0 aromatic carbocycles. The van der Waals surface area contributed by atoms with Crippen LogP contribution in [0.5, 0.6) is 0 Å². The Morgan fingerprint density at radius 2 is 1.88 bits per heavy atom. The monoisotopic (exact) mass is 257 g/mol. The molecule has 2 aliphatic rings. The van der Waals surface area contributed by atoms with E-state index in [1.54, 1.807) is 6.08 Å². The average molecular weight is 257 g/mol. The van der Waals surface area contributed by atoms with Crippen LogP contribution in [0.2, 0.25) is 0 Å². The fourth-order valence-corrected chi connectivity index (χ4v) is 1.09. The topological polar surface area (TPSA) is 37.3 Å². The molecule has 85 valence electrons. The predicted molar refractivity (Wildman–Crippen MR) is 61.2 cm³/mol. The Morgan fingerprint density at radius 1 is 1.19 bits per heavy atom. The maximum atomic E-state index is 10.0. The van der Waals surface area contributed by atoms with Crippen molar-refractivity contribution < 1.29 is 27.0 Å². The summed E-state index contributed by atoms with van der Waals surface area (Å²) in [6.07, 6.45) is 19.4. The Labute approximate surface area is 106 Å². The summed E-state index contributed by atoms with van der Waals surface area (Å²) in [4.78, 5) is 10.0. The number of hydrogen-bond donors (Lipinski definition) is 1. The van der Waals surface area contributed by atoms with Crippen molar-refractivity contribution in [2.75, 3.05) is 0 Å². The summed E-state index contributed by atoms with van der Waals surface area (Å²) < 4.78 is 0. The summed E-state index contributed by atoms with van der Waals surface area (Å²) in [5.74, 6) is -0.896. The average Bonchev–Trinajstić information content (AvgIpc) is 2.91. The third-order valence-electron chi connectivity index (χ3n) is 1.80. The van der Waals surface area contributed by atoms with Crippen LogP contribution in [-0.4, -0.2) is 11.1 Å². The number of carboxylic acids is 1. The molecular formula is C13H13FeO2. The van der Waals surface area contributed by atoms with E-state index in [1.807, 2.05) is 49.0 Å². The summed E-state index contributed by atoms with van der Waals surface area (Å²) in [6, 6.07) is 0. The minimum atomic E-state index is -0.896. The van der Waals surface area contributed by atoms with Crippen molar-refractivity contribution in [1.29, 1.82) is 0 Å². The van der Waals surface area contributed by atoms with Gasteiger partial charge in [-0.1, -0.05) is 48.6 Å². The van der Waals surface area contributed by atoms with E-state index in [1.165, 1.54) is 0 Å². The first-order valence-corrected chi connectivity index (χ1v) is 4.72. The first-order chi connectivity index (χ1) is 7.29. The molecule has 2 rings (SSSR count). The molecule has 0 aromatic heterocycles. The minimum absolute atomic E-state index is 0. The molecule has 0 unspecified atom stereocenters. The SMILES string of the molecule is O=C(O)/C=C/C1=CC=CC1.[CH]1C=CC=C1.[Fe]. The zero-order valence-corrected chi connectivity index (χ0v) is 9.79. The number of hydrogen-bond acceptors (Lipinski definition) is 1. The number of rotatable bonds is 2. The molecule has 3 heteroatoms. The van der Waals surface area contributed by atoms with Crippen molar-refractivity contribution in [2.24, 2.45) is 0 Å². The largest absolute Gasteiger partial charge is 0.478 e. The molecule has 16 heavy (non-hydrogen) atoms. The molecule has 0 aromatic rings. The second-order valence-electron chi connectivity index (χ2n) is 3.01. The normalized spacial score (nSPS) is 15.6. The summed E-state index contributed by atoms with van der Waals surface area (Å²) in [5, 5.41) is 8.24. The second kappa shape index (κ2) is 8.95. The van der Waals surface area contributed by atoms with Crippen LogP contribution in [0.15, 0.2) is 60.3 Å². The molecule has 0 saturated carbocycles. The quantitative estimate of drug-likeness (QED) is 0.610. The molecule has 1 radical (unpaired) electrons. The van der Waals surface area contributed by atoms with Crippen LogP contribution in [-0.2, 0) is 21.9 Å². The van der Waals surface area contributed by atoms with E-state index >= 15 is 0 Å². The number of carboxylic acid groups (broad SMARTS) is 1. The number of aliphatic carboxylic acids is 1. The van der Waals surface area contributed by atoms with Crippen molar-refractivity contribution in [1.82, 2.24) is 0 Å². The molecule has 0 spiro atoms. The van der Waals surface area contributed by atoms with E-state index in [0.29, 0.717) is 0 Å². The van der Waals surface area contributed by atoms with E-state index < -0.39 is 5.97 Å². The molecular weight excluding hydrogens is 244 g/mol. The molecule has 0 heterocycles. The van der Waals surface area contributed by atoms with E-state index in [0.717, 1.165) is 18.1 Å². The molecule has 0 aliphatic heterocycles. The molecule has 0 fully saturated rings. The Hall–Kier alpha value is -1.31. The smallest absolute Gasteiger partial charge is 0.328 e.